The zero-order valence-electron chi connectivity index (χ0n) is 13.2. The summed E-state index contributed by atoms with van der Waals surface area (Å²) in [7, 11) is 1.47. The van der Waals surface area contributed by atoms with Crippen molar-refractivity contribution in [1.29, 1.82) is 0 Å². The molecule has 24 heavy (non-hydrogen) atoms. The van der Waals surface area contributed by atoms with Gasteiger partial charge in [0.05, 0.1) is 12.8 Å². The van der Waals surface area contributed by atoms with E-state index in [1.54, 1.807) is 31.2 Å². The van der Waals surface area contributed by atoms with Crippen LogP contribution in [0.25, 0.3) is 0 Å². The monoisotopic (exact) mass is 354 g/mol. The molecule has 0 saturated carbocycles. The number of nitrogens with zero attached hydrogens (tertiary/aromatic N) is 1. The molecule has 4 N–H and O–H groups in total. The van der Waals surface area contributed by atoms with Crippen LogP contribution in [0.15, 0.2) is 35.0 Å². The van der Waals surface area contributed by atoms with Crippen molar-refractivity contribution in [3.05, 3.63) is 41.8 Å². The van der Waals surface area contributed by atoms with Gasteiger partial charge in [0, 0.05) is 18.5 Å². The van der Waals surface area contributed by atoms with Gasteiger partial charge in [-0.3, -0.25) is 9.59 Å². The lowest BCUT2D eigenvalue weighted by molar-refractivity contribution is -0.118. The number of nitrogens with one attached hydrogen (secondary N) is 2. The molecule has 1 aromatic carbocycles. The van der Waals surface area contributed by atoms with Crippen LogP contribution in [0.4, 0.5) is 11.4 Å². The van der Waals surface area contributed by atoms with Crippen LogP contribution in [0, 0.1) is 6.92 Å². The van der Waals surface area contributed by atoms with Gasteiger partial charge in [0.25, 0.3) is 5.91 Å². The number of benzene rings is 1. The van der Waals surface area contributed by atoms with Crippen molar-refractivity contribution in [2.45, 2.75) is 13.0 Å². The first-order valence-corrected chi connectivity index (χ1v) is 6.89. The second-order valence-corrected chi connectivity index (χ2v) is 4.88. The van der Waals surface area contributed by atoms with Gasteiger partial charge < -0.3 is 25.6 Å². The maximum Gasteiger partial charge on any atom is 0.260 e. The summed E-state index contributed by atoms with van der Waals surface area (Å²) in [6.07, 6.45) is 1.36. The van der Waals surface area contributed by atoms with Gasteiger partial charge >= 0.3 is 0 Å². The van der Waals surface area contributed by atoms with E-state index >= 15 is 0 Å². The van der Waals surface area contributed by atoms with Crippen molar-refractivity contribution >= 4 is 35.6 Å². The molecule has 0 aliphatic carbocycles. The molecule has 0 saturated heterocycles. The fourth-order valence-electron chi connectivity index (χ4n) is 1.84. The molecule has 2 rings (SSSR count). The van der Waals surface area contributed by atoms with Crippen LogP contribution in [-0.2, 0) is 9.53 Å². The van der Waals surface area contributed by atoms with E-state index in [0.29, 0.717) is 22.7 Å². The Balaban J connectivity index is 0.00000288. The Morgan fingerprint density at radius 1 is 1.25 bits per heavy atom. The van der Waals surface area contributed by atoms with Crippen molar-refractivity contribution in [3.8, 4) is 0 Å². The molecule has 0 aliphatic heterocycles. The van der Waals surface area contributed by atoms with Gasteiger partial charge in [-0.05, 0) is 31.2 Å². The molecule has 2 amide bonds. The predicted octanol–water partition coefficient (Wildman–Crippen LogP) is 1.57. The highest BCUT2D eigenvalue weighted by Crippen LogP contribution is 2.16. The summed E-state index contributed by atoms with van der Waals surface area (Å²) >= 11 is 0. The molecule has 1 atom stereocenters. The molecule has 0 aliphatic rings. The van der Waals surface area contributed by atoms with E-state index in [9.17, 15) is 9.59 Å². The van der Waals surface area contributed by atoms with Gasteiger partial charge in [0.2, 0.25) is 5.91 Å². The van der Waals surface area contributed by atoms with Crippen molar-refractivity contribution in [1.82, 2.24) is 5.16 Å². The van der Waals surface area contributed by atoms with E-state index in [2.05, 4.69) is 15.8 Å². The number of amides is 2. The first-order valence-electron chi connectivity index (χ1n) is 6.89. The molecule has 9 heteroatoms. The summed E-state index contributed by atoms with van der Waals surface area (Å²) in [5.74, 6) is -0.218. The topological polar surface area (TPSA) is 119 Å². The maximum atomic E-state index is 12.0. The molecular weight excluding hydrogens is 336 g/mol. The van der Waals surface area contributed by atoms with Crippen LogP contribution in [0.3, 0.4) is 0 Å². The van der Waals surface area contributed by atoms with Crippen LogP contribution < -0.4 is 16.4 Å². The van der Waals surface area contributed by atoms with Gasteiger partial charge in [0.15, 0.2) is 0 Å². The van der Waals surface area contributed by atoms with Gasteiger partial charge in [-0.15, -0.1) is 12.4 Å². The first-order chi connectivity index (χ1) is 11.0. The molecule has 0 radical (unpaired) electrons. The number of rotatable bonds is 6. The summed E-state index contributed by atoms with van der Waals surface area (Å²) in [5, 5.41) is 8.93. The highest BCUT2D eigenvalue weighted by molar-refractivity contribution is 6.04. The van der Waals surface area contributed by atoms with Gasteiger partial charge in [-0.25, -0.2) is 0 Å². The number of hydrogen-bond donors (Lipinski definition) is 3. The summed E-state index contributed by atoms with van der Waals surface area (Å²) in [4.78, 5) is 23.8. The first kappa shape index (κ1) is 19.6. The number of carbonyl (C=O) groups excluding carboxylic acids is 2. The molecule has 2 aromatic rings. The number of halogens is 1. The van der Waals surface area contributed by atoms with Gasteiger partial charge in [-0.1, -0.05) is 5.16 Å². The molecule has 1 aromatic heterocycles. The number of aryl methyl sites for hydroxylation is 1. The molecule has 0 fully saturated rings. The molecule has 8 nitrogen and oxygen atoms in total. The molecular formula is C15H19ClN4O4. The van der Waals surface area contributed by atoms with Gasteiger partial charge in [0.1, 0.15) is 17.4 Å². The second kappa shape index (κ2) is 9.02. The minimum Gasteiger partial charge on any atom is -0.383 e. The van der Waals surface area contributed by atoms with Crippen molar-refractivity contribution in [2.24, 2.45) is 5.73 Å². The highest BCUT2D eigenvalue weighted by Gasteiger charge is 2.14. The average Bonchev–Trinajstić information content (AvgIpc) is 2.95. The summed E-state index contributed by atoms with van der Waals surface area (Å²) in [5.41, 5.74) is 7.15. The number of aromatic nitrogens is 1. The number of ether oxygens (including phenoxy) is 1. The smallest absolute Gasteiger partial charge is 0.260 e. The minimum absolute atomic E-state index is 0. The fraction of sp³-hybridized carbons (Fsp3) is 0.267. The van der Waals surface area contributed by atoms with Crippen LogP contribution in [0.5, 0.6) is 0 Å². The van der Waals surface area contributed by atoms with Gasteiger partial charge in [-0.2, -0.15) is 0 Å². The molecule has 0 spiro atoms. The van der Waals surface area contributed by atoms with E-state index in [4.69, 9.17) is 15.0 Å². The quantitative estimate of drug-likeness (QED) is 0.724. The Morgan fingerprint density at radius 3 is 2.33 bits per heavy atom. The lowest BCUT2D eigenvalue weighted by Crippen LogP contribution is -2.39. The highest BCUT2D eigenvalue weighted by atomic mass is 35.5. The Labute approximate surface area is 145 Å². The summed E-state index contributed by atoms with van der Waals surface area (Å²) < 4.78 is 9.67. The van der Waals surface area contributed by atoms with Crippen molar-refractivity contribution in [3.63, 3.8) is 0 Å². The third-order valence-electron chi connectivity index (χ3n) is 3.09. The summed E-state index contributed by atoms with van der Waals surface area (Å²) in [6.45, 7) is 1.79. The fourth-order valence-corrected chi connectivity index (χ4v) is 1.84. The number of anilines is 2. The lowest BCUT2D eigenvalue weighted by atomic mass is 10.2. The number of nitrogens with two attached hydrogens (primary N) is 1. The molecule has 0 bridgehead atoms. The molecule has 130 valence electrons. The maximum absolute atomic E-state index is 12.0. The standard InChI is InChI=1S/C15H18N4O4.ClH/c1-9-12(7-17-23-9)14(20)18-10-3-5-11(6-4-10)19-15(21)13(16)8-22-2;/h3-7,13H,8,16H2,1-2H3,(H,18,20)(H,19,21);1H. The summed E-state index contributed by atoms with van der Waals surface area (Å²) in [6, 6.07) is 5.91. The van der Waals surface area contributed by atoms with Crippen LogP contribution in [0.1, 0.15) is 16.1 Å². The van der Waals surface area contributed by atoms with Crippen LogP contribution in [0.2, 0.25) is 0 Å². The number of hydrogen-bond acceptors (Lipinski definition) is 6. The van der Waals surface area contributed by atoms with Crippen molar-refractivity contribution < 1.29 is 18.8 Å². The SMILES string of the molecule is COCC(N)C(=O)Nc1ccc(NC(=O)c2cnoc2C)cc1.Cl. The average molecular weight is 355 g/mol. The normalized spacial score (nSPS) is 11.3. The van der Waals surface area contributed by atoms with E-state index in [-0.39, 0.29) is 30.8 Å². The predicted molar refractivity (Wildman–Crippen MR) is 91.4 cm³/mol. The largest absolute Gasteiger partial charge is 0.383 e. The van der Waals surface area contributed by atoms with Crippen LogP contribution >= 0.6 is 12.4 Å². The van der Waals surface area contributed by atoms with Crippen LogP contribution in [-0.4, -0.2) is 36.7 Å². The van der Waals surface area contributed by atoms with E-state index < -0.39 is 6.04 Å². The Bertz CT molecular complexity index is 687. The third-order valence-corrected chi connectivity index (χ3v) is 3.09. The van der Waals surface area contributed by atoms with E-state index in [1.165, 1.54) is 13.3 Å². The minimum atomic E-state index is -0.740. The lowest BCUT2D eigenvalue weighted by Gasteiger charge is -2.11. The Kier molecular flexibility index (Phi) is 7.37. The van der Waals surface area contributed by atoms with E-state index in [1.807, 2.05) is 0 Å². The molecule has 1 unspecified atom stereocenters. The zero-order valence-corrected chi connectivity index (χ0v) is 14.1. The Hall–Kier alpha value is -2.42. The molecule has 1 heterocycles. The second-order valence-electron chi connectivity index (χ2n) is 4.88. The van der Waals surface area contributed by atoms with E-state index in [0.717, 1.165) is 0 Å². The number of methoxy groups -OCH3 is 1. The zero-order chi connectivity index (χ0) is 16.8. The third kappa shape index (κ3) is 5.05. The Morgan fingerprint density at radius 2 is 1.83 bits per heavy atom. The van der Waals surface area contributed by atoms with Crippen molar-refractivity contribution in [2.75, 3.05) is 24.4 Å². The number of carbonyl (C=O) groups is 2.